The molecule has 32 heavy (non-hydrogen) atoms. The van der Waals surface area contributed by atoms with E-state index in [0.717, 1.165) is 31.2 Å². The van der Waals surface area contributed by atoms with Gasteiger partial charge in [-0.1, -0.05) is 44.2 Å². The molecule has 0 aromatic heterocycles. The fourth-order valence-corrected chi connectivity index (χ4v) is 4.61. The number of hydrogen-bond donors (Lipinski definition) is 1. The Kier molecular flexibility index (Phi) is 8.26. The third kappa shape index (κ3) is 5.47. The lowest BCUT2D eigenvalue weighted by Gasteiger charge is -2.36. The van der Waals surface area contributed by atoms with Crippen molar-refractivity contribution >= 4 is 23.3 Å². The molecule has 5 nitrogen and oxygen atoms in total. The van der Waals surface area contributed by atoms with E-state index in [0.29, 0.717) is 24.5 Å². The molecule has 6 heteroatoms. The number of benzene rings is 2. The summed E-state index contributed by atoms with van der Waals surface area (Å²) in [5.41, 5.74) is 1.97. The first-order valence-corrected chi connectivity index (χ1v) is 11.5. The first-order valence-electron chi connectivity index (χ1n) is 11.5. The maximum atomic E-state index is 14.9. The van der Waals surface area contributed by atoms with Gasteiger partial charge in [0.2, 0.25) is 5.91 Å². The maximum absolute atomic E-state index is 14.9. The van der Waals surface area contributed by atoms with Gasteiger partial charge < -0.3 is 15.0 Å². The summed E-state index contributed by atoms with van der Waals surface area (Å²) in [6.45, 7) is 5.26. The summed E-state index contributed by atoms with van der Waals surface area (Å²) >= 11 is 0. The van der Waals surface area contributed by atoms with E-state index in [9.17, 15) is 14.0 Å². The third-order valence-electron chi connectivity index (χ3n) is 6.54. The van der Waals surface area contributed by atoms with Crippen molar-refractivity contribution in [3.8, 4) is 0 Å². The van der Waals surface area contributed by atoms with Crippen LogP contribution in [0, 0.1) is 17.7 Å². The Labute approximate surface area is 190 Å². The summed E-state index contributed by atoms with van der Waals surface area (Å²) in [4.78, 5) is 26.8. The molecular formula is C26H33FN2O3. The van der Waals surface area contributed by atoms with Crippen LogP contribution >= 0.6 is 0 Å². The van der Waals surface area contributed by atoms with Crippen LogP contribution in [0.15, 0.2) is 48.5 Å². The van der Waals surface area contributed by atoms with Crippen molar-refractivity contribution < 1.29 is 18.7 Å². The van der Waals surface area contributed by atoms with Gasteiger partial charge in [-0.05, 0) is 55.4 Å². The first-order chi connectivity index (χ1) is 15.5. The van der Waals surface area contributed by atoms with Crippen molar-refractivity contribution in [2.75, 3.05) is 30.4 Å². The minimum absolute atomic E-state index is 0.0656. The molecule has 1 aliphatic heterocycles. The molecule has 0 saturated carbocycles. The van der Waals surface area contributed by atoms with Crippen molar-refractivity contribution in [3.63, 3.8) is 0 Å². The number of carbonyl (C=O) groups excluding carboxylic acids is 2. The van der Waals surface area contributed by atoms with E-state index in [1.165, 1.54) is 13.2 Å². The number of hydrogen-bond acceptors (Lipinski definition) is 4. The van der Waals surface area contributed by atoms with Crippen LogP contribution in [0.4, 0.5) is 15.8 Å². The highest BCUT2D eigenvalue weighted by molar-refractivity contribution is 5.92. The van der Waals surface area contributed by atoms with Gasteiger partial charge in [-0.15, -0.1) is 0 Å². The lowest BCUT2D eigenvalue weighted by atomic mass is 9.80. The zero-order valence-electron chi connectivity index (χ0n) is 19.1. The number of amides is 1. The molecule has 2 aromatic carbocycles. The van der Waals surface area contributed by atoms with Gasteiger partial charge in [-0.3, -0.25) is 9.59 Å². The smallest absolute Gasteiger partial charge is 0.313 e. The molecule has 1 N–H and O–H groups in total. The number of piperidine rings is 1. The number of nitrogens with one attached hydrogen (secondary N) is 1. The summed E-state index contributed by atoms with van der Waals surface area (Å²) in [5, 5.41) is 2.83. The van der Waals surface area contributed by atoms with E-state index < -0.39 is 0 Å². The van der Waals surface area contributed by atoms with Crippen LogP contribution in [0.2, 0.25) is 0 Å². The van der Waals surface area contributed by atoms with Crippen LogP contribution in [0.25, 0.3) is 0 Å². The van der Waals surface area contributed by atoms with E-state index in [-0.39, 0.29) is 35.4 Å². The summed E-state index contributed by atoms with van der Waals surface area (Å²) in [6.07, 6.45) is 3.04. The highest BCUT2D eigenvalue weighted by Gasteiger charge is 2.34. The Bertz CT molecular complexity index is 907. The minimum Gasteiger partial charge on any atom is -0.469 e. The Morgan fingerprint density at radius 3 is 2.31 bits per heavy atom. The minimum atomic E-state index is -0.349. The third-order valence-corrected chi connectivity index (χ3v) is 6.54. The molecule has 0 spiro atoms. The van der Waals surface area contributed by atoms with Gasteiger partial charge in [-0.2, -0.15) is 0 Å². The zero-order valence-corrected chi connectivity index (χ0v) is 19.1. The predicted octanol–water partition coefficient (Wildman–Crippen LogP) is 5.37. The fourth-order valence-electron chi connectivity index (χ4n) is 4.61. The van der Waals surface area contributed by atoms with Gasteiger partial charge in [0.05, 0.1) is 18.7 Å². The van der Waals surface area contributed by atoms with Crippen molar-refractivity contribution in [1.29, 1.82) is 0 Å². The topological polar surface area (TPSA) is 58.6 Å². The molecule has 1 saturated heterocycles. The van der Waals surface area contributed by atoms with Crippen LogP contribution in [0.5, 0.6) is 0 Å². The average molecular weight is 441 g/mol. The molecule has 1 aliphatic rings. The van der Waals surface area contributed by atoms with Crippen molar-refractivity contribution in [1.82, 2.24) is 0 Å². The molecular weight excluding hydrogens is 407 g/mol. The standard InChI is InChI=1S/C26H33FN2O3/c1-4-18(5-2)25(30)28-21-11-12-23(22(27)17-21)29-15-13-20(14-16-29)24(26(31)32-3)19-9-7-6-8-10-19/h6-12,17-18,20,24H,4-5,13-16H2,1-3H3,(H,28,30). The molecule has 1 atom stereocenters. The van der Waals surface area contributed by atoms with E-state index in [1.807, 2.05) is 49.1 Å². The molecule has 2 aromatic rings. The maximum Gasteiger partial charge on any atom is 0.313 e. The fraction of sp³-hybridized carbons (Fsp3) is 0.462. The van der Waals surface area contributed by atoms with E-state index in [1.54, 1.807) is 12.1 Å². The SMILES string of the molecule is CCC(CC)C(=O)Nc1ccc(N2CCC(C(C(=O)OC)c3ccccc3)CC2)c(F)c1. The number of halogens is 1. The van der Waals surface area contributed by atoms with Crippen LogP contribution in [0.3, 0.4) is 0 Å². The largest absolute Gasteiger partial charge is 0.469 e. The summed E-state index contributed by atoms with van der Waals surface area (Å²) in [5.74, 6) is -0.878. The summed E-state index contributed by atoms with van der Waals surface area (Å²) in [7, 11) is 1.42. The quantitative estimate of drug-likeness (QED) is 0.561. The molecule has 172 valence electrons. The van der Waals surface area contributed by atoms with Crippen LogP contribution < -0.4 is 10.2 Å². The number of anilines is 2. The monoisotopic (exact) mass is 440 g/mol. The molecule has 1 amide bonds. The van der Waals surface area contributed by atoms with Gasteiger partial charge in [0, 0.05) is 24.7 Å². The first kappa shape index (κ1) is 23.8. The van der Waals surface area contributed by atoms with Gasteiger partial charge >= 0.3 is 5.97 Å². The Morgan fingerprint density at radius 1 is 1.09 bits per heavy atom. The Hall–Kier alpha value is -2.89. The van der Waals surface area contributed by atoms with Crippen molar-refractivity contribution in [2.24, 2.45) is 11.8 Å². The number of esters is 1. The van der Waals surface area contributed by atoms with Crippen LogP contribution in [-0.4, -0.2) is 32.1 Å². The summed E-state index contributed by atoms with van der Waals surface area (Å²) < 4.78 is 20.0. The van der Waals surface area contributed by atoms with Crippen molar-refractivity contribution in [2.45, 2.75) is 45.4 Å². The Morgan fingerprint density at radius 2 is 1.75 bits per heavy atom. The van der Waals surface area contributed by atoms with Gasteiger partial charge in [0.15, 0.2) is 0 Å². The number of nitrogens with zero attached hydrogens (tertiary/aromatic N) is 1. The Balaban J connectivity index is 1.66. The van der Waals surface area contributed by atoms with E-state index >= 15 is 0 Å². The lowest BCUT2D eigenvalue weighted by Crippen LogP contribution is -2.38. The van der Waals surface area contributed by atoms with Gasteiger partial charge in [-0.25, -0.2) is 4.39 Å². The molecule has 3 rings (SSSR count). The van der Waals surface area contributed by atoms with E-state index in [4.69, 9.17) is 4.74 Å². The number of methoxy groups -OCH3 is 1. The van der Waals surface area contributed by atoms with E-state index in [2.05, 4.69) is 5.32 Å². The predicted molar refractivity (Wildman–Crippen MR) is 125 cm³/mol. The molecule has 1 unspecified atom stereocenters. The number of carbonyl (C=O) groups is 2. The average Bonchev–Trinajstić information content (AvgIpc) is 2.81. The second-order valence-electron chi connectivity index (χ2n) is 8.40. The second-order valence-corrected chi connectivity index (χ2v) is 8.40. The summed E-state index contributed by atoms with van der Waals surface area (Å²) in [6, 6.07) is 14.6. The highest BCUT2D eigenvalue weighted by Crippen LogP contribution is 2.36. The van der Waals surface area contributed by atoms with Crippen LogP contribution in [-0.2, 0) is 14.3 Å². The molecule has 1 fully saturated rings. The molecule has 0 bridgehead atoms. The molecule has 0 radical (unpaired) electrons. The second kappa shape index (κ2) is 11.1. The van der Waals surface area contributed by atoms with Crippen molar-refractivity contribution in [3.05, 3.63) is 59.9 Å². The zero-order chi connectivity index (χ0) is 23.1. The molecule has 0 aliphatic carbocycles. The normalized spacial score (nSPS) is 15.5. The van der Waals surface area contributed by atoms with Gasteiger partial charge in [0.25, 0.3) is 0 Å². The van der Waals surface area contributed by atoms with Gasteiger partial charge in [0.1, 0.15) is 5.82 Å². The molecule has 1 heterocycles. The highest BCUT2D eigenvalue weighted by atomic mass is 19.1. The van der Waals surface area contributed by atoms with Crippen LogP contribution in [0.1, 0.15) is 51.0 Å². The lowest BCUT2D eigenvalue weighted by molar-refractivity contribution is -0.144. The number of rotatable bonds is 8. The number of ether oxygens (including phenoxy) is 1.